The van der Waals surface area contributed by atoms with Gasteiger partial charge >= 0.3 is 0 Å². The first kappa shape index (κ1) is 28.7. The average molecular weight is 545 g/mol. The number of hydrogen-bond donors (Lipinski definition) is 0. The van der Waals surface area contributed by atoms with Gasteiger partial charge in [-0.3, -0.25) is 8.37 Å². The Morgan fingerprint density at radius 3 is 1.25 bits per heavy atom. The molecule has 1 fully saturated rings. The summed E-state index contributed by atoms with van der Waals surface area (Å²) >= 11 is 0. The Hall–Kier alpha value is -1.90. The molecule has 0 saturated carbocycles. The largest absolute Gasteiger partial charge is 0.349 e. The molecule has 0 N–H and O–H groups in total. The Labute approximate surface area is 212 Å². The second-order valence-corrected chi connectivity index (χ2v) is 11.9. The van der Waals surface area contributed by atoms with Gasteiger partial charge in [-0.15, -0.1) is 0 Å². The maximum absolute atomic E-state index is 12.7. The molecular weight excluding hydrogens is 512 g/mol. The molecule has 10 nitrogen and oxygen atoms in total. The van der Waals surface area contributed by atoms with E-state index in [1.165, 1.54) is 38.5 Å². The van der Waals surface area contributed by atoms with E-state index in [-0.39, 0.29) is 9.79 Å². The van der Waals surface area contributed by atoms with Crippen LogP contribution in [0.5, 0.6) is 0 Å². The molecule has 0 bridgehead atoms. The lowest BCUT2D eigenvalue weighted by molar-refractivity contribution is -0.450. The minimum atomic E-state index is -4.14. The molecule has 1 aliphatic heterocycles. The number of rotatable bonds is 10. The molecule has 0 aromatic heterocycles. The third kappa shape index (κ3) is 6.14. The van der Waals surface area contributed by atoms with Gasteiger partial charge < -0.3 is 18.9 Å². The van der Waals surface area contributed by atoms with Gasteiger partial charge in [-0.05, 0) is 52.0 Å². The van der Waals surface area contributed by atoms with Crippen molar-refractivity contribution in [2.75, 3.05) is 27.4 Å². The summed E-state index contributed by atoms with van der Waals surface area (Å²) in [7, 11) is -5.52. The van der Waals surface area contributed by atoms with Crippen LogP contribution in [0, 0.1) is 13.8 Å². The predicted octanol–water partition coefficient (Wildman–Crippen LogP) is 2.92. The van der Waals surface area contributed by atoms with E-state index in [2.05, 4.69) is 0 Å². The van der Waals surface area contributed by atoms with Crippen LogP contribution in [0.1, 0.15) is 25.0 Å². The highest BCUT2D eigenvalue weighted by Crippen LogP contribution is 2.39. The van der Waals surface area contributed by atoms with E-state index >= 15 is 0 Å². The highest BCUT2D eigenvalue weighted by Gasteiger charge is 2.57. The smallest absolute Gasteiger partial charge is 0.297 e. The SMILES string of the molecule is CO[C@]1(C)O[C@@H](COS(=O)(=O)c2ccc(C)cc2)[C@@H](COS(=O)(=O)c2ccc(C)cc2)O[C@@]1(C)OC. The fourth-order valence-corrected chi connectivity index (χ4v) is 5.39. The van der Waals surface area contributed by atoms with E-state index in [0.29, 0.717) is 0 Å². The molecule has 0 aliphatic carbocycles. The summed E-state index contributed by atoms with van der Waals surface area (Å²) in [5.74, 6) is -2.95. The number of ether oxygens (including phenoxy) is 4. The van der Waals surface area contributed by atoms with Crippen LogP contribution in [0.25, 0.3) is 0 Å². The molecule has 2 aromatic carbocycles. The highest BCUT2D eigenvalue weighted by molar-refractivity contribution is 7.87. The maximum atomic E-state index is 12.7. The third-order valence-electron chi connectivity index (χ3n) is 6.17. The van der Waals surface area contributed by atoms with E-state index in [9.17, 15) is 16.8 Å². The fourth-order valence-electron chi connectivity index (χ4n) is 3.55. The standard InChI is InChI=1S/C24H32O10S2/c1-17-7-11-19(12-8-17)35(25,26)31-15-21-22(34-24(4,30-6)23(3,29-5)33-21)16-32-36(27,28)20-13-9-18(2)10-14-20/h7-14,21-22H,15-16H2,1-6H3/t21-,22+,23-,24-/m1/s1. The highest BCUT2D eigenvalue weighted by atomic mass is 32.2. The Morgan fingerprint density at radius 2 is 0.972 bits per heavy atom. The number of hydrogen-bond acceptors (Lipinski definition) is 10. The van der Waals surface area contributed by atoms with Gasteiger partial charge in [-0.1, -0.05) is 35.4 Å². The molecule has 0 unspecified atom stereocenters. The van der Waals surface area contributed by atoms with Crippen molar-refractivity contribution in [2.45, 2.75) is 61.3 Å². The van der Waals surface area contributed by atoms with Crippen LogP contribution < -0.4 is 0 Å². The molecule has 4 atom stereocenters. The second-order valence-electron chi connectivity index (χ2n) is 8.72. The van der Waals surface area contributed by atoms with Crippen LogP contribution in [0.3, 0.4) is 0 Å². The van der Waals surface area contributed by atoms with Crippen molar-refractivity contribution >= 4 is 20.2 Å². The molecule has 0 spiro atoms. The minimum Gasteiger partial charge on any atom is -0.349 e. The van der Waals surface area contributed by atoms with Crippen molar-refractivity contribution in [1.82, 2.24) is 0 Å². The topological polar surface area (TPSA) is 124 Å². The molecule has 36 heavy (non-hydrogen) atoms. The van der Waals surface area contributed by atoms with Gasteiger partial charge in [-0.25, -0.2) is 0 Å². The third-order valence-corrected chi connectivity index (χ3v) is 8.76. The summed E-state index contributed by atoms with van der Waals surface area (Å²) in [5.41, 5.74) is 1.78. The molecule has 1 heterocycles. The van der Waals surface area contributed by atoms with Gasteiger partial charge in [0.1, 0.15) is 12.2 Å². The van der Waals surface area contributed by atoms with E-state index < -0.39 is 57.2 Å². The summed E-state index contributed by atoms with van der Waals surface area (Å²) in [4.78, 5) is -0.0633. The lowest BCUT2D eigenvalue weighted by Crippen LogP contribution is -2.66. The van der Waals surface area contributed by atoms with Crippen LogP contribution in [0.2, 0.25) is 0 Å². The van der Waals surface area contributed by atoms with E-state index in [1.807, 2.05) is 13.8 Å². The molecule has 3 rings (SSSR count). The Kier molecular flexibility index (Phi) is 8.63. The van der Waals surface area contributed by atoms with Gasteiger partial charge in [0.2, 0.25) is 11.6 Å². The Bertz CT molecular complexity index is 1140. The molecule has 2 aromatic rings. The normalized spacial score (nSPS) is 27.2. The van der Waals surface area contributed by atoms with Crippen molar-refractivity contribution in [3.8, 4) is 0 Å². The molecule has 0 amide bonds. The molecule has 0 radical (unpaired) electrons. The summed E-state index contributed by atoms with van der Waals surface area (Å²) in [5, 5.41) is 0. The lowest BCUT2D eigenvalue weighted by atomic mass is 10.0. The number of benzene rings is 2. The first-order valence-electron chi connectivity index (χ1n) is 11.1. The van der Waals surface area contributed by atoms with E-state index in [0.717, 1.165) is 11.1 Å². The summed E-state index contributed by atoms with van der Waals surface area (Å²) in [6.07, 6.45) is -2.18. The van der Waals surface area contributed by atoms with Crippen molar-refractivity contribution in [3.63, 3.8) is 0 Å². The van der Waals surface area contributed by atoms with Crippen molar-refractivity contribution in [1.29, 1.82) is 0 Å². The van der Waals surface area contributed by atoms with E-state index in [1.54, 1.807) is 38.1 Å². The van der Waals surface area contributed by atoms with Crippen LogP contribution >= 0.6 is 0 Å². The van der Waals surface area contributed by atoms with Crippen LogP contribution in [-0.4, -0.2) is 68.1 Å². The minimum absolute atomic E-state index is 0.0317. The zero-order valence-corrected chi connectivity index (χ0v) is 22.7. The predicted molar refractivity (Wildman–Crippen MR) is 129 cm³/mol. The quantitative estimate of drug-likeness (QED) is 0.412. The van der Waals surface area contributed by atoms with Crippen LogP contribution in [-0.2, 0) is 47.5 Å². The van der Waals surface area contributed by atoms with Gasteiger partial charge in [0, 0.05) is 14.2 Å². The molecule has 1 aliphatic rings. The summed E-state index contributed by atoms with van der Waals surface area (Å²) in [6, 6.07) is 12.3. The van der Waals surface area contributed by atoms with Gasteiger partial charge in [0.15, 0.2) is 0 Å². The molecule has 200 valence electrons. The second kappa shape index (κ2) is 10.8. The molecular formula is C24H32O10S2. The fraction of sp³-hybridized carbons (Fsp3) is 0.500. The van der Waals surface area contributed by atoms with E-state index in [4.69, 9.17) is 27.3 Å². The van der Waals surface area contributed by atoms with Crippen molar-refractivity contribution in [3.05, 3.63) is 59.7 Å². The van der Waals surface area contributed by atoms with Crippen molar-refractivity contribution < 1.29 is 44.1 Å². The lowest BCUT2D eigenvalue weighted by Gasteiger charge is -2.51. The van der Waals surface area contributed by atoms with Crippen molar-refractivity contribution in [2.24, 2.45) is 0 Å². The summed E-state index contributed by atoms with van der Waals surface area (Å²) < 4.78 is 84.5. The van der Waals surface area contributed by atoms with Crippen LogP contribution in [0.4, 0.5) is 0 Å². The first-order valence-corrected chi connectivity index (χ1v) is 13.9. The Balaban J connectivity index is 1.83. The van der Waals surface area contributed by atoms with Crippen LogP contribution in [0.15, 0.2) is 58.3 Å². The molecule has 12 heteroatoms. The summed E-state index contributed by atoms with van der Waals surface area (Å²) in [6.45, 7) is 5.79. The molecule has 1 saturated heterocycles. The number of methoxy groups -OCH3 is 2. The monoisotopic (exact) mass is 544 g/mol. The zero-order chi connectivity index (χ0) is 26.8. The Morgan fingerprint density at radius 1 is 0.667 bits per heavy atom. The van der Waals surface area contributed by atoms with Gasteiger partial charge in [0.05, 0.1) is 23.0 Å². The zero-order valence-electron chi connectivity index (χ0n) is 21.1. The first-order chi connectivity index (χ1) is 16.7. The van der Waals surface area contributed by atoms with Gasteiger partial charge in [-0.2, -0.15) is 16.8 Å². The number of aryl methyl sites for hydroxylation is 2. The average Bonchev–Trinajstić information content (AvgIpc) is 2.84. The van der Waals surface area contributed by atoms with Gasteiger partial charge in [0.25, 0.3) is 20.2 Å². The maximum Gasteiger partial charge on any atom is 0.297 e.